The van der Waals surface area contributed by atoms with Gasteiger partial charge >= 0.3 is 12.1 Å². The summed E-state index contributed by atoms with van der Waals surface area (Å²) in [5, 5.41) is 6.02. The molecule has 0 unspecified atom stereocenters. The lowest BCUT2D eigenvalue weighted by Gasteiger charge is -2.12. The molecule has 5 nitrogen and oxygen atoms in total. The summed E-state index contributed by atoms with van der Waals surface area (Å²) >= 11 is 0. The van der Waals surface area contributed by atoms with Crippen LogP contribution in [0.1, 0.15) is 30.9 Å². The Morgan fingerprint density at radius 1 is 1.20 bits per heavy atom. The predicted molar refractivity (Wildman–Crippen MR) is 101 cm³/mol. The maximum atomic E-state index is 12.5. The summed E-state index contributed by atoms with van der Waals surface area (Å²) in [5.41, 5.74) is 0.0326. The Morgan fingerprint density at radius 3 is 2.36 bits per heavy atom. The molecule has 9 heteroatoms. The van der Waals surface area contributed by atoms with Crippen LogP contribution in [0.4, 0.5) is 13.2 Å². The summed E-state index contributed by atoms with van der Waals surface area (Å²) < 4.78 is 42.3. The third-order valence-corrected chi connectivity index (χ3v) is 3.12. The number of esters is 1. The van der Waals surface area contributed by atoms with Gasteiger partial charge in [0.05, 0.1) is 12.2 Å². The average Bonchev–Trinajstić information content (AvgIpc) is 2.54. The van der Waals surface area contributed by atoms with Gasteiger partial charge in [-0.05, 0) is 31.0 Å². The van der Waals surface area contributed by atoms with Gasteiger partial charge in [0.2, 0.25) is 0 Å². The van der Waals surface area contributed by atoms with Crippen molar-refractivity contribution in [1.29, 1.82) is 0 Å². The fourth-order valence-electron chi connectivity index (χ4n) is 1.89. The second-order valence-electron chi connectivity index (χ2n) is 4.96. The largest absolute Gasteiger partial charge is 0.466 e. The number of carbonyl (C=O) groups excluding carboxylic acids is 1. The van der Waals surface area contributed by atoms with Crippen molar-refractivity contribution >= 4 is 35.9 Å². The highest BCUT2D eigenvalue weighted by molar-refractivity contribution is 14.0. The van der Waals surface area contributed by atoms with E-state index in [4.69, 9.17) is 4.74 Å². The summed E-state index contributed by atoms with van der Waals surface area (Å²) in [6.45, 7) is 2.99. The highest BCUT2D eigenvalue weighted by atomic mass is 127. The lowest BCUT2D eigenvalue weighted by Crippen LogP contribution is -2.37. The van der Waals surface area contributed by atoms with Gasteiger partial charge in [0.15, 0.2) is 5.96 Å². The van der Waals surface area contributed by atoms with E-state index < -0.39 is 11.7 Å². The number of carbonyl (C=O) groups is 1. The van der Waals surface area contributed by atoms with Crippen molar-refractivity contribution in [3.05, 3.63) is 35.4 Å². The Hall–Kier alpha value is -1.52. The third-order valence-electron chi connectivity index (χ3n) is 3.12. The minimum absolute atomic E-state index is 0. The SMILES string of the molecule is CCOC(=O)CCCNC(=NC)NCc1ccc(C(F)(F)F)cc1.I. The number of guanidine groups is 1. The number of hydrogen-bond donors (Lipinski definition) is 2. The second kappa shape index (κ2) is 11.9. The molecule has 0 aliphatic heterocycles. The Morgan fingerprint density at radius 2 is 1.84 bits per heavy atom. The molecule has 0 saturated carbocycles. The van der Waals surface area contributed by atoms with Crippen LogP contribution in [0, 0.1) is 0 Å². The number of benzene rings is 1. The van der Waals surface area contributed by atoms with Crippen molar-refractivity contribution in [2.24, 2.45) is 4.99 Å². The molecule has 25 heavy (non-hydrogen) atoms. The summed E-state index contributed by atoms with van der Waals surface area (Å²) in [4.78, 5) is 15.2. The molecule has 2 N–H and O–H groups in total. The third kappa shape index (κ3) is 9.51. The first kappa shape index (κ1) is 23.5. The molecule has 0 atom stereocenters. The van der Waals surface area contributed by atoms with Crippen molar-refractivity contribution in [3.8, 4) is 0 Å². The summed E-state index contributed by atoms with van der Waals surface area (Å²) in [7, 11) is 1.59. The smallest absolute Gasteiger partial charge is 0.416 e. The summed E-state index contributed by atoms with van der Waals surface area (Å²) in [5.74, 6) is 0.269. The van der Waals surface area contributed by atoms with Gasteiger partial charge in [-0.25, -0.2) is 0 Å². The van der Waals surface area contributed by atoms with E-state index in [2.05, 4.69) is 15.6 Å². The van der Waals surface area contributed by atoms with Gasteiger partial charge in [-0.1, -0.05) is 12.1 Å². The first-order valence-corrected chi connectivity index (χ1v) is 7.63. The molecule has 0 spiro atoms. The van der Waals surface area contributed by atoms with Gasteiger partial charge in [-0.2, -0.15) is 13.2 Å². The van der Waals surface area contributed by atoms with Crippen LogP contribution in [0.5, 0.6) is 0 Å². The molecule has 0 saturated heterocycles. The molecule has 0 aliphatic rings. The molecule has 0 bridgehead atoms. The fraction of sp³-hybridized carbons (Fsp3) is 0.500. The van der Waals surface area contributed by atoms with E-state index in [0.717, 1.165) is 12.1 Å². The Labute approximate surface area is 162 Å². The number of alkyl halides is 3. The van der Waals surface area contributed by atoms with Gasteiger partial charge in [0.1, 0.15) is 0 Å². The fourth-order valence-corrected chi connectivity index (χ4v) is 1.89. The van der Waals surface area contributed by atoms with E-state index in [-0.39, 0.29) is 29.9 Å². The van der Waals surface area contributed by atoms with Crippen LogP contribution in [0.3, 0.4) is 0 Å². The molecule has 0 radical (unpaired) electrons. The van der Waals surface area contributed by atoms with Crippen molar-refractivity contribution in [3.63, 3.8) is 0 Å². The number of halogens is 4. The number of rotatable bonds is 7. The van der Waals surface area contributed by atoms with E-state index in [1.165, 1.54) is 12.1 Å². The quantitative estimate of drug-likeness (QED) is 0.210. The van der Waals surface area contributed by atoms with E-state index in [1.807, 2.05) is 0 Å². The first-order chi connectivity index (χ1) is 11.4. The molecule has 1 rings (SSSR count). The van der Waals surface area contributed by atoms with E-state index >= 15 is 0 Å². The van der Waals surface area contributed by atoms with Gasteiger partial charge in [0.25, 0.3) is 0 Å². The summed E-state index contributed by atoms with van der Waals surface area (Å²) in [6, 6.07) is 4.94. The van der Waals surface area contributed by atoms with Crippen LogP contribution in [0.25, 0.3) is 0 Å². The van der Waals surface area contributed by atoms with Crippen LogP contribution >= 0.6 is 24.0 Å². The van der Waals surface area contributed by atoms with Crippen LogP contribution in [0.15, 0.2) is 29.3 Å². The van der Waals surface area contributed by atoms with Gasteiger partial charge in [-0.3, -0.25) is 9.79 Å². The lowest BCUT2D eigenvalue weighted by molar-refractivity contribution is -0.143. The predicted octanol–water partition coefficient (Wildman–Crippen LogP) is 3.33. The minimum Gasteiger partial charge on any atom is -0.466 e. The van der Waals surface area contributed by atoms with E-state index in [0.29, 0.717) is 44.1 Å². The monoisotopic (exact) mass is 473 g/mol. The normalized spacial score (nSPS) is 11.5. The minimum atomic E-state index is -4.33. The van der Waals surface area contributed by atoms with Crippen molar-refractivity contribution in [2.75, 3.05) is 20.2 Å². The second-order valence-corrected chi connectivity index (χ2v) is 4.96. The lowest BCUT2D eigenvalue weighted by atomic mass is 10.1. The molecule has 0 heterocycles. The Balaban J connectivity index is 0.00000576. The molecule has 0 aliphatic carbocycles. The zero-order valence-corrected chi connectivity index (χ0v) is 16.5. The number of ether oxygens (including phenoxy) is 1. The van der Waals surface area contributed by atoms with Crippen molar-refractivity contribution in [1.82, 2.24) is 10.6 Å². The average molecular weight is 473 g/mol. The van der Waals surface area contributed by atoms with Gasteiger partial charge < -0.3 is 15.4 Å². The summed E-state index contributed by atoms with van der Waals surface area (Å²) in [6.07, 6.45) is -3.42. The van der Waals surface area contributed by atoms with Gasteiger partial charge in [-0.15, -0.1) is 24.0 Å². The topological polar surface area (TPSA) is 62.7 Å². The van der Waals surface area contributed by atoms with Crippen molar-refractivity contribution < 1.29 is 22.7 Å². The van der Waals surface area contributed by atoms with Crippen LogP contribution in [-0.2, 0) is 22.3 Å². The molecule has 0 fully saturated rings. The molecular weight excluding hydrogens is 450 g/mol. The van der Waals surface area contributed by atoms with Gasteiger partial charge in [0, 0.05) is 26.6 Å². The molecular formula is C16H23F3IN3O2. The van der Waals surface area contributed by atoms with Crippen LogP contribution in [-0.4, -0.2) is 32.1 Å². The standard InChI is InChI=1S/C16H22F3N3O2.HI/c1-3-24-14(23)5-4-10-21-15(20-2)22-11-12-6-8-13(9-7-12)16(17,18)19;/h6-9H,3-5,10-11H2,1-2H3,(H2,20,21,22);1H. The molecule has 1 aromatic rings. The zero-order chi connectivity index (χ0) is 18.0. The number of aliphatic imine (C=N–C) groups is 1. The molecule has 1 aromatic carbocycles. The number of hydrogen-bond acceptors (Lipinski definition) is 3. The van der Waals surface area contributed by atoms with Crippen molar-refractivity contribution in [2.45, 2.75) is 32.5 Å². The molecule has 0 amide bonds. The van der Waals surface area contributed by atoms with Crippen LogP contribution in [0.2, 0.25) is 0 Å². The zero-order valence-electron chi connectivity index (χ0n) is 14.2. The Kier molecular flexibility index (Phi) is 11.2. The maximum absolute atomic E-state index is 12.5. The highest BCUT2D eigenvalue weighted by Crippen LogP contribution is 2.28. The highest BCUT2D eigenvalue weighted by Gasteiger charge is 2.29. The number of nitrogens with zero attached hydrogens (tertiary/aromatic N) is 1. The first-order valence-electron chi connectivity index (χ1n) is 7.63. The van der Waals surface area contributed by atoms with Crippen LogP contribution < -0.4 is 10.6 Å². The molecule has 142 valence electrons. The molecule has 0 aromatic heterocycles. The number of nitrogens with one attached hydrogen (secondary N) is 2. The van der Waals surface area contributed by atoms with E-state index in [1.54, 1.807) is 14.0 Å². The maximum Gasteiger partial charge on any atom is 0.416 e. The Bertz CT molecular complexity index is 549. The van der Waals surface area contributed by atoms with E-state index in [9.17, 15) is 18.0 Å².